The van der Waals surface area contributed by atoms with Crippen LogP contribution < -0.4 is 10.1 Å². The van der Waals surface area contributed by atoms with Crippen LogP contribution in [-0.4, -0.2) is 18.0 Å². The van der Waals surface area contributed by atoms with E-state index in [-0.39, 0.29) is 11.5 Å². The van der Waals surface area contributed by atoms with Gasteiger partial charge < -0.3 is 15.2 Å². The molecule has 0 saturated heterocycles. The zero-order valence-corrected chi connectivity index (χ0v) is 13.0. The number of carbonyl (C=O) groups is 1. The molecule has 5 heteroatoms. The van der Waals surface area contributed by atoms with E-state index in [9.17, 15) is 9.90 Å². The van der Waals surface area contributed by atoms with Gasteiger partial charge in [-0.15, -0.1) is 0 Å². The number of benzene rings is 2. The van der Waals surface area contributed by atoms with Crippen LogP contribution in [-0.2, 0) is 0 Å². The van der Waals surface area contributed by atoms with Crippen LogP contribution in [0, 0.1) is 6.92 Å². The Morgan fingerprint density at radius 3 is 2.59 bits per heavy atom. The molecule has 0 fully saturated rings. The van der Waals surface area contributed by atoms with Crippen molar-refractivity contribution < 1.29 is 14.6 Å². The van der Waals surface area contributed by atoms with Gasteiger partial charge in [0.15, 0.2) is 11.5 Å². The average molecular weight is 318 g/mol. The number of allylic oxidation sites excluding steroid dienone is 1. The van der Waals surface area contributed by atoms with Gasteiger partial charge in [0.2, 0.25) is 0 Å². The number of hydrogen-bond acceptors (Lipinski definition) is 4. The van der Waals surface area contributed by atoms with Crippen molar-refractivity contribution in [2.75, 3.05) is 12.4 Å². The lowest BCUT2D eigenvalue weighted by Gasteiger charge is -2.11. The molecule has 0 aliphatic carbocycles. The molecule has 2 rings (SSSR count). The molecule has 0 atom stereocenters. The summed E-state index contributed by atoms with van der Waals surface area (Å²) in [5.41, 5.74) is 2.15. The first-order valence-electron chi connectivity index (χ1n) is 6.62. The molecule has 114 valence electrons. The van der Waals surface area contributed by atoms with Crippen molar-refractivity contribution in [1.29, 1.82) is 0 Å². The standard InChI is InChI=1S/C17H16ClNO3/c1-11-9-14(18)17(22-2)15(10-11)19-8-7-16(21)12-3-5-13(20)6-4-12/h3-10,19-20H,1-2H3/b8-7-. The van der Waals surface area contributed by atoms with E-state index in [4.69, 9.17) is 16.3 Å². The maximum Gasteiger partial charge on any atom is 0.187 e. The molecule has 0 saturated carbocycles. The van der Waals surface area contributed by atoms with Crippen molar-refractivity contribution in [1.82, 2.24) is 0 Å². The monoisotopic (exact) mass is 317 g/mol. The third-order valence-corrected chi connectivity index (χ3v) is 3.30. The summed E-state index contributed by atoms with van der Waals surface area (Å²) >= 11 is 6.11. The maximum atomic E-state index is 12.0. The lowest BCUT2D eigenvalue weighted by molar-refractivity contribution is 0.104. The highest BCUT2D eigenvalue weighted by molar-refractivity contribution is 6.32. The Morgan fingerprint density at radius 2 is 1.95 bits per heavy atom. The van der Waals surface area contributed by atoms with E-state index in [1.54, 1.807) is 18.2 Å². The first kappa shape index (κ1) is 15.9. The Kier molecular flexibility index (Phi) is 5.07. The number of rotatable bonds is 5. The number of phenolic OH excluding ortho intramolecular Hbond substituents is 1. The number of carbonyl (C=O) groups excluding carboxylic acids is 1. The molecule has 0 aliphatic heterocycles. The van der Waals surface area contributed by atoms with Gasteiger partial charge in [-0.1, -0.05) is 11.6 Å². The van der Waals surface area contributed by atoms with E-state index >= 15 is 0 Å². The van der Waals surface area contributed by atoms with Gasteiger partial charge in [0, 0.05) is 17.8 Å². The van der Waals surface area contributed by atoms with Gasteiger partial charge in [0.25, 0.3) is 0 Å². The minimum atomic E-state index is -0.176. The highest BCUT2D eigenvalue weighted by Crippen LogP contribution is 2.34. The zero-order valence-electron chi connectivity index (χ0n) is 12.3. The van der Waals surface area contributed by atoms with Crippen LogP contribution in [0.4, 0.5) is 5.69 Å². The summed E-state index contributed by atoms with van der Waals surface area (Å²) in [5, 5.41) is 12.7. The Hall–Kier alpha value is -2.46. The fourth-order valence-corrected chi connectivity index (χ4v) is 2.32. The van der Waals surface area contributed by atoms with Gasteiger partial charge in [0.05, 0.1) is 17.8 Å². The number of ketones is 1. The predicted octanol–water partition coefficient (Wildman–Crippen LogP) is 4.17. The Morgan fingerprint density at radius 1 is 1.27 bits per heavy atom. The second-order valence-corrected chi connectivity index (χ2v) is 5.12. The molecule has 0 heterocycles. The van der Waals surface area contributed by atoms with E-state index in [1.165, 1.54) is 31.5 Å². The average Bonchev–Trinajstić information content (AvgIpc) is 2.47. The summed E-state index contributed by atoms with van der Waals surface area (Å²) in [6, 6.07) is 9.74. The van der Waals surface area contributed by atoms with Crippen LogP contribution in [0.2, 0.25) is 5.02 Å². The zero-order chi connectivity index (χ0) is 16.1. The minimum absolute atomic E-state index is 0.123. The smallest absolute Gasteiger partial charge is 0.187 e. The number of hydrogen-bond donors (Lipinski definition) is 2. The lowest BCUT2D eigenvalue weighted by Crippen LogP contribution is -1.98. The Bertz CT molecular complexity index is 709. The first-order chi connectivity index (χ1) is 10.5. The topological polar surface area (TPSA) is 58.6 Å². The van der Waals surface area contributed by atoms with E-state index < -0.39 is 0 Å². The Balaban J connectivity index is 2.12. The summed E-state index contributed by atoms with van der Waals surface area (Å²) in [4.78, 5) is 12.0. The minimum Gasteiger partial charge on any atom is -0.508 e. The molecule has 0 unspecified atom stereocenters. The van der Waals surface area contributed by atoms with E-state index in [1.807, 2.05) is 13.0 Å². The molecule has 22 heavy (non-hydrogen) atoms. The van der Waals surface area contributed by atoms with Crippen LogP contribution in [0.5, 0.6) is 11.5 Å². The molecule has 0 aromatic heterocycles. The van der Waals surface area contributed by atoms with Gasteiger partial charge in [-0.05, 0) is 48.9 Å². The quantitative estimate of drug-likeness (QED) is 0.642. The third-order valence-electron chi connectivity index (χ3n) is 3.02. The summed E-state index contributed by atoms with van der Waals surface area (Å²) in [6.45, 7) is 1.92. The molecule has 2 aromatic carbocycles. The second kappa shape index (κ2) is 7.00. The van der Waals surface area contributed by atoms with E-state index in [0.29, 0.717) is 22.0 Å². The SMILES string of the molecule is COc1c(Cl)cc(C)cc1N/C=C\C(=O)c1ccc(O)cc1. The molecular formula is C17H16ClNO3. The van der Waals surface area contributed by atoms with Crippen LogP contribution >= 0.6 is 11.6 Å². The number of ether oxygens (including phenoxy) is 1. The molecule has 4 nitrogen and oxygen atoms in total. The molecule has 0 amide bonds. The van der Waals surface area contributed by atoms with Crippen molar-refractivity contribution in [3.8, 4) is 11.5 Å². The molecule has 0 radical (unpaired) electrons. The van der Waals surface area contributed by atoms with Crippen molar-refractivity contribution in [3.05, 3.63) is 64.8 Å². The van der Waals surface area contributed by atoms with Crippen molar-refractivity contribution in [2.45, 2.75) is 6.92 Å². The fraction of sp³-hybridized carbons (Fsp3) is 0.118. The van der Waals surface area contributed by atoms with Crippen LogP contribution in [0.25, 0.3) is 0 Å². The number of phenols is 1. The van der Waals surface area contributed by atoms with Gasteiger partial charge in [0.1, 0.15) is 5.75 Å². The van der Waals surface area contributed by atoms with Gasteiger partial charge in [-0.3, -0.25) is 4.79 Å². The summed E-state index contributed by atoms with van der Waals surface area (Å²) in [5.74, 6) is 0.469. The van der Waals surface area contributed by atoms with Crippen LogP contribution in [0.1, 0.15) is 15.9 Å². The molecular weight excluding hydrogens is 302 g/mol. The van der Waals surface area contributed by atoms with Gasteiger partial charge in [-0.25, -0.2) is 0 Å². The Labute approximate surface area is 134 Å². The maximum absolute atomic E-state index is 12.0. The van der Waals surface area contributed by atoms with E-state index in [0.717, 1.165) is 5.56 Å². The fourth-order valence-electron chi connectivity index (χ4n) is 1.97. The van der Waals surface area contributed by atoms with Gasteiger partial charge >= 0.3 is 0 Å². The van der Waals surface area contributed by atoms with Gasteiger partial charge in [-0.2, -0.15) is 0 Å². The third kappa shape index (κ3) is 3.80. The van der Waals surface area contributed by atoms with Crippen LogP contribution in [0.15, 0.2) is 48.7 Å². The molecule has 2 N–H and O–H groups in total. The lowest BCUT2D eigenvalue weighted by atomic mass is 10.1. The highest BCUT2D eigenvalue weighted by atomic mass is 35.5. The van der Waals surface area contributed by atoms with Crippen molar-refractivity contribution in [3.63, 3.8) is 0 Å². The summed E-state index contributed by atoms with van der Waals surface area (Å²) in [7, 11) is 1.53. The number of aryl methyl sites for hydroxylation is 1. The predicted molar refractivity (Wildman–Crippen MR) is 87.9 cm³/mol. The molecule has 0 spiro atoms. The second-order valence-electron chi connectivity index (χ2n) is 4.72. The number of aromatic hydroxyl groups is 1. The number of anilines is 1. The van der Waals surface area contributed by atoms with E-state index in [2.05, 4.69) is 5.32 Å². The number of halogens is 1. The molecule has 0 aliphatic rings. The number of methoxy groups -OCH3 is 1. The summed E-state index contributed by atoms with van der Waals surface area (Å²) in [6.07, 6.45) is 2.94. The highest BCUT2D eigenvalue weighted by Gasteiger charge is 2.08. The van der Waals surface area contributed by atoms with Crippen molar-refractivity contribution >= 4 is 23.1 Å². The number of nitrogens with one attached hydrogen (secondary N) is 1. The normalized spacial score (nSPS) is 10.7. The largest absolute Gasteiger partial charge is 0.508 e. The first-order valence-corrected chi connectivity index (χ1v) is 6.99. The van der Waals surface area contributed by atoms with Crippen LogP contribution in [0.3, 0.4) is 0 Å². The molecule has 0 bridgehead atoms. The molecule has 2 aromatic rings. The van der Waals surface area contributed by atoms with Crippen molar-refractivity contribution in [2.24, 2.45) is 0 Å². The summed E-state index contributed by atoms with van der Waals surface area (Å²) < 4.78 is 5.25.